The molecule has 6 heteroatoms. The SMILES string of the molecule is COCC1CC2(CCN(C(=O)C3CC(F)(F)C3)CC2)CN1C. The number of likely N-dealkylation sites (tertiary alicyclic amines) is 2. The monoisotopic (exact) mass is 316 g/mol. The highest BCUT2D eigenvalue weighted by molar-refractivity contribution is 5.80. The first-order valence-electron chi connectivity index (χ1n) is 8.20. The Balaban J connectivity index is 1.52. The van der Waals surface area contributed by atoms with Crippen LogP contribution in [0.3, 0.4) is 0 Å². The van der Waals surface area contributed by atoms with E-state index in [0.29, 0.717) is 19.1 Å². The maximum absolute atomic E-state index is 12.9. The van der Waals surface area contributed by atoms with Crippen molar-refractivity contribution in [1.82, 2.24) is 9.80 Å². The van der Waals surface area contributed by atoms with Gasteiger partial charge in [-0.3, -0.25) is 4.79 Å². The number of hydrogen-bond donors (Lipinski definition) is 0. The molecule has 3 fully saturated rings. The van der Waals surface area contributed by atoms with Gasteiger partial charge in [0.05, 0.1) is 6.61 Å². The lowest BCUT2D eigenvalue weighted by Crippen LogP contribution is -2.50. The second kappa shape index (κ2) is 5.71. The molecule has 2 heterocycles. The minimum atomic E-state index is -2.61. The molecule has 1 aliphatic carbocycles. The molecule has 1 saturated carbocycles. The highest BCUT2D eigenvalue weighted by atomic mass is 19.3. The standard InChI is InChI=1S/C16H26F2N2O2/c1-19-11-15(9-13(19)10-22-2)3-5-20(6-4-15)14(21)12-7-16(17,18)8-12/h12-13H,3-11H2,1-2H3. The van der Waals surface area contributed by atoms with E-state index in [0.717, 1.165) is 32.4 Å². The van der Waals surface area contributed by atoms with Gasteiger partial charge in [-0.1, -0.05) is 0 Å². The van der Waals surface area contributed by atoms with Crippen molar-refractivity contribution in [3.05, 3.63) is 0 Å². The van der Waals surface area contributed by atoms with Gasteiger partial charge in [0, 0.05) is 51.5 Å². The predicted molar refractivity (Wildman–Crippen MR) is 78.8 cm³/mol. The van der Waals surface area contributed by atoms with Gasteiger partial charge in [0.1, 0.15) is 0 Å². The van der Waals surface area contributed by atoms with Crippen LogP contribution < -0.4 is 0 Å². The Morgan fingerprint density at radius 3 is 2.41 bits per heavy atom. The summed E-state index contributed by atoms with van der Waals surface area (Å²) in [6.45, 7) is 3.23. The maximum atomic E-state index is 12.9. The smallest absolute Gasteiger partial charge is 0.249 e. The molecule has 1 spiro atoms. The first kappa shape index (κ1) is 16.1. The first-order valence-corrected chi connectivity index (χ1v) is 8.20. The number of amides is 1. The number of likely N-dealkylation sites (N-methyl/N-ethyl adjacent to an activating group) is 1. The summed E-state index contributed by atoms with van der Waals surface area (Å²) in [6.07, 6.45) is 2.55. The summed E-state index contributed by atoms with van der Waals surface area (Å²) < 4.78 is 31.1. The number of methoxy groups -OCH3 is 1. The third kappa shape index (κ3) is 3.00. The van der Waals surface area contributed by atoms with Crippen LogP contribution in [0.15, 0.2) is 0 Å². The van der Waals surface area contributed by atoms with Crippen LogP contribution in [0.1, 0.15) is 32.1 Å². The molecular weight excluding hydrogens is 290 g/mol. The highest BCUT2D eigenvalue weighted by Gasteiger charge is 2.51. The molecule has 126 valence electrons. The average Bonchev–Trinajstić information content (AvgIpc) is 2.73. The number of carbonyl (C=O) groups excluding carboxylic acids is 1. The molecular formula is C16H26F2N2O2. The van der Waals surface area contributed by atoms with E-state index in [1.54, 1.807) is 7.11 Å². The van der Waals surface area contributed by atoms with Crippen molar-refractivity contribution in [2.24, 2.45) is 11.3 Å². The van der Waals surface area contributed by atoms with Crippen LogP contribution in [0, 0.1) is 11.3 Å². The molecule has 2 aliphatic heterocycles. The minimum Gasteiger partial charge on any atom is -0.383 e. The fourth-order valence-corrected chi connectivity index (χ4v) is 4.41. The predicted octanol–water partition coefficient (Wildman–Crippen LogP) is 1.99. The quantitative estimate of drug-likeness (QED) is 0.798. The second-order valence-corrected chi connectivity index (χ2v) is 7.51. The fourth-order valence-electron chi connectivity index (χ4n) is 4.41. The van der Waals surface area contributed by atoms with E-state index in [-0.39, 0.29) is 24.2 Å². The zero-order valence-electron chi connectivity index (χ0n) is 13.5. The van der Waals surface area contributed by atoms with Crippen LogP contribution in [0.2, 0.25) is 0 Å². The van der Waals surface area contributed by atoms with Gasteiger partial charge in [-0.2, -0.15) is 0 Å². The van der Waals surface area contributed by atoms with Gasteiger partial charge in [0.2, 0.25) is 11.8 Å². The van der Waals surface area contributed by atoms with E-state index in [4.69, 9.17) is 4.74 Å². The van der Waals surface area contributed by atoms with E-state index < -0.39 is 11.8 Å². The number of hydrogen-bond acceptors (Lipinski definition) is 3. The van der Waals surface area contributed by atoms with Gasteiger partial charge < -0.3 is 14.5 Å². The molecule has 0 aromatic heterocycles. The zero-order valence-corrected chi connectivity index (χ0v) is 13.5. The lowest BCUT2D eigenvalue weighted by atomic mass is 9.75. The molecule has 3 rings (SSSR count). The van der Waals surface area contributed by atoms with Gasteiger partial charge in [0.15, 0.2) is 0 Å². The Morgan fingerprint density at radius 1 is 1.23 bits per heavy atom. The topological polar surface area (TPSA) is 32.8 Å². The van der Waals surface area contributed by atoms with Crippen LogP contribution in [0.5, 0.6) is 0 Å². The Bertz CT molecular complexity index is 428. The number of piperidine rings is 1. The molecule has 1 atom stereocenters. The number of carbonyl (C=O) groups is 1. The van der Waals surface area contributed by atoms with Gasteiger partial charge in [-0.15, -0.1) is 0 Å². The summed E-state index contributed by atoms with van der Waals surface area (Å²) in [4.78, 5) is 16.4. The van der Waals surface area contributed by atoms with Crippen molar-refractivity contribution >= 4 is 5.91 Å². The van der Waals surface area contributed by atoms with E-state index >= 15 is 0 Å². The van der Waals surface area contributed by atoms with E-state index in [9.17, 15) is 13.6 Å². The minimum absolute atomic E-state index is 0.0550. The maximum Gasteiger partial charge on any atom is 0.249 e. The van der Waals surface area contributed by atoms with Crippen molar-refractivity contribution in [2.45, 2.75) is 44.1 Å². The number of ether oxygens (including phenoxy) is 1. The molecule has 0 N–H and O–H groups in total. The zero-order chi connectivity index (χ0) is 16.0. The van der Waals surface area contributed by atoms with Crippen molar-refractivity contribution in [1.29, 1.82) is 0 Å². The first-order chi connectivity index (χ1) is 10.3. The number of halogens is 2. The summed E-state index contributed by atoms with van der Waals surface area (Å²) in [5.74, 6) is -3.11. The molecule has 1 unspecified atom stereocenters. The summed E-state index contributed by atoms with van der Waals surface area (Å²) in [5.41, 5.74) is 0.276. The Kier molecular flexibility index (Phi) is 4.18. The second-order valence-electron chi connectivity index (χ2n) is 7.51. The Morgan fingerprint density at radius 2 is 1.86 bits per heavy atom. The summed E-state index contributed by atoms with van der Waals surface area (Å²) in [6, 6.07) is 0.456. The van der Waals surface area contributed by atoms with Crippen LogP contribution >= 0.6 is 0 Å². The lowest BCUT2D eigenvalue weighted by molar-refractivity contribution is -0.161. The molecule has 22 heavy (non-hydrogen) atoms. The van der Waals surface area contributed by atoms with Crippen LogP contribution in [0.4, 0.5) is 8.78 Å². The normalized spacial score (nSPS) is 31.5. The Hall–Kier alpha value is -0.750. The number of nitrogens with zero attached hydrogens (tertiary/aromatic N) is 2. The molecule has 3 aliphatic rings. The summed E-state index contributed by atoms with van der Waals surface area (Å²) >= 11 is 0. The highest BCUT2D eigenvalue weighted by Crippen LogP contribution is 2.46. The average molecular weight is 316 g/mol. The number of rotatable bonds is 3. The summed E-state index contributed by atoms with van der Waals surface area (Å²) in [7, 11) is 3.86. The molecule has 4 nitrogen and oxygen atoms in total. The molecule has 0 radical (unpaired) electrons. The van der Waals surface area contributed by atoms with Crippen molar-refractivity contribution in [3.63, 3.8) is 0 Å². The summed E-state index contributed by atoms with van der Waals surface area (Å²) in [5, 5.41) is 0. The molecule has 0 aromatic rings. The van der Waals surface area contributed by atoms with Crippen LogP contribution in [-0.4, -0.2) is 68.1 Å². The van der Waals surface area contributed by atoms with Crippen molar-refractivity contribution in [3.8, 4) is 0 Å². The lowest BCUT2D eigenvalue weighted by Gasteiger charge is -2.43. The van der Waals surface area contributed by atoms with Gasteiger partial charge >= 0.3 is 0 Å². The van der Waals surface area contributed by atoms with Gasteiger partial charge in [-0.25, -0.2) is 8.78 Å². The van der Waals surface area contributed by atoms with Crippen molar-refractivity contribution < 1.29 is 18.3 Å². The molecule has 2 saturated heterocycles. The van der Waals surface area contributed by atoms with Crippen LogP contribution in [-0.2, 0) is 9.53 Å². The van der Waals surface area contributed by atoms with Gasteiger partial charge in [0.25, 0.3) is 0 Å². The largest absolute Gasteiger partial charge is 0.383 e. The van der Waals surface area contributed by atoms with E-state index in [2.05, 4.69) is 11.9 Å². The van der Waals surface area contributed by atoms with Crippen LogP contribution in [0.25, 0.3) is 0 Å². The van der Waals surface area contributed by atoms with E-state index in [1.807, 2.05) is 4.90 Å². The van der Waals surface area contributed by atoms with Gasteiger partial charge in [-0.05, 0) is 31.7 Å². The fraction of sp³-hybridized carbons (Fsp3) is 0.938. The molecule has 0 aromatic carbocycles. The molecule has 0 bridgehead atoms. The number of alkyl halides is 2. The third-order valence-corrected chi connectivity index (χ3v) is 5.81. The van der Waals surface area contributed by atoms with E-state index in [1.165, 1.54) is 0 Å². The molecule has 1 amide bonds. The third-order valence-electron chi connectivity index (χ3n) is 5.81. The Labute approximate surface area is 130 Å². The van der Waals surface area contributed by atoms with Crippen molar-refractivity contribution in [2.75, 3.05) is 40.4 Å².